The number of carbonyl (C=O) groups excluding carboxylic acids is 1. The fraction of sp³-hybridized carbons (Fsp3) is 0.360. The summed E-state index contributed by atoms with van der Waals surface area (Å²) in [6.07, 6.45) is 3.53. The van der Waals surface area contributed by atoms with Crippen LogP contribution in [-0.2, 0) is 9.53 Å². The van der Waals surface area contributed by atoms with Crippen LogP contribution >= 0.6 is 0 Å². The average molecular weight is 454 g/mol. The number of hydrogen-bond donors (Lipinski definition) is 2. The zero-order valence-electron chi connectivity index (χ0n) is 18.4. The fourth-order valence-electron chi connectivity index (χ4n) is 4.31. The van der Waals surface area contributed by atoms with Gasteiger partial charge in [-0.15, -0.1) is 0 Å². The number of nitrogens with one attached hydrogen (secondary N) is 1. The van der Waals surface area contributed by atoms with E-state index in [1.54, 1.807) is 24.3 Å². The van der Waals surface area contributed by atoms with Gasteiger partial charge in [-0.3, -0.25) is 4.79 Å². The van der Waals surface area contributed by atoms with Crippen LogP contribution in [0, 0.1) is 5.82 Å². The Balaban J connectivity index is 1.50. The highest BCUT2D eigenvalue weighted by atomic mass is 19.1. The molecule has 2 aromatic rings. The van der Waals surface area contributed by atoms with Crippen LogP contribution in [0.1, 0.15) is 48.1 Å². The smallest absolute Gasteiger partial charge is 0.335 e. The van der Waals surface area contributed by atoms with E-state index >= 15 is 0 Å². The maximum atomic E-state index is 13.6. The van der Waals surface area contributed by atoms with Crippen molar-refractivity contribution >= 4 is 11.9 Å². The molecule has 0 aromatic heterocycles. The topological polar surface area (TPSA) is 88.1 Å². The molecule has 1 saturated heterocycles. The Morgan fingerprint density at radius 1 is 1.18 bits per heavy atom. The first-order chi connectivity index (χ1) is 15.9. The Labute approximate surface area is 191 Å². The highest BCUT2D eigenvalue weighted by Crippen LogP contribution is 2.34. The van der Waals surface area contributed by atoms with Gasteiger partial charge in [-0.2, -0.15) is 0 Å². The van der Waals surface area contributed by atoms with Crippen molar-refractivity contribution in [1.29, 1.82) is 0 Å². The number of ether oxygens (including phenoxy) is 2. The molecule has 2 aliphatic heterocycles. The summed E-state index contributed by atoms with van der Waals surface area (Å²) >= 11 is 0. The first kappa shape index (κ1) is 22.8. The third kappa shape index (κ3) is 5.01. The number of carboxylic acids is 1. The summed E-state index contributed by atoms with van der Waals surface area (Å²) in [5.41, 5.74) is 0.245. The molecule has 1 fully saturated rings. The van der Waals surface area contributed by atoms with E-state index in [-0.39, 0.29) is 23.3 Å². The van der Waals surface area contributed by atoms with Crippen molar-refractivity contribution in [3.63, 3.8) is 0 Å². The van der Waals surface area contributed by atoms with E-state index in [0.717, 1.165) is 5.56 Å². The first-order valence-electron chi connectivity index (χ1n) is 11.0. The number of nitrogens with zero attached hydrogens (tertiary/aromatic N) is 1. The van der Waals surface area contributed by atoms with E-state index in [2.05, 4.69) is 5.32 Å². The van der Waals surface area contributed by atoms with Crippen molar-refractivity contribution < 1.29 is 28.6 Å². The van der Waals surface area contributed by atoms with Crippen LogP contribution < -0.4 is 10.1 Å². The molecule has 0 aliphatic carbocycles. The minimum atomic E-state index is -0.989. The van der Waals surface area contributed by atoms with E-state index in [4.69, 9.17) is 14.6 Å². The summed E-state index contributed by atoms with van der Waals surface area (Å²) in [5.74, 6) is -0.363. The van der Waals surface area contributed by atoms with Crippen molar-refractivity contribution in [2.45, 2.75) is 37.8 Å². The molecule has 33 heavy (non-hydrogen) atoms. The van der Waals surface area contributed by atoms with Gasteiger partial charge < -0.3 is 24.8 Å². The lowest BCUT2D eigenvalue weighted by molar-refractivity contribution is -0.138. The van der Waals surface area contributed by atoms with Gasteiger partial charge in [0.15, 0.2) is 0 Å². The first-order valence-corrected chi connectivity index (χ1v) is 11.0. The van der Waals surface area contributed by atoms with Crippen molar-refractivity contribution in [1.82, 2.24) is 10.2 Å². The second-order valence-electron chi connectivity index (χ2n) is 8.36. The molecule has 1 amide bonds. The van der Waals surface area contributed by atoms with Gasteiger partial charge in [0.25, 0.3) is 0 Å². The van der Waals surface area contributed by atoms with Crippen LogP contribution in [0.25, 0.3) is 0 Å². The van der Waals surface area contributed by atoms with Gasteiger partial charge >= 0.3 is 5.97 Å². The normalized spacial score (nSPS) is 18.4. The number of aromatic carboxylic acids is 1. The summed E-state index contributed by atoms with van der Waals surface area (Å²) in [6.45, 7) is 3.43. The number of rotatable bonds is 7. The van der Waals surface area contributed by atoms with Gasteiger partial charge in [-0.25, -0.2) is 9.18 Å². The molecule has 2 aromatic carbocycles. The average Bonchev–Trinajstić information content (AvgIpc) is 3.28. The Kier molecular flexibility index (Phi) is 6.65. The predicted molar refractivity (Wildman–Crippen MR) is 119 cm³/mol. The molecule has 7 nitrogen and oxygen atoms in total. The van der Waals surface area contributed by atoms with Crippen LogP contribution in [0.15, 0.2) is 60.5 Å². The predicted octanol–water partition coefficient (Wildman–Crippen LogP) is 3.88. The van der Waals surface area contributed by atoms with E-state index in [1.807, 2.05) is 18.0 Å². The third-order valence-corrected chi connectivity index (χ3v) is 6.24. The second kappa shape index (κ2) is 9.62. The fourth-order valence-corrected chi connectivity index (χ4v) is 4.31. The summed E-state index contributed by atoms with van der Waals surface area (Å²) in [7, 11) is 0. The maximum absolute atomic E-state index is 13.6. The highest BCUT2D eigenvalue weighted by Gasteiger charge is 2.46. The minimum absolute atomic E-state index is 0.108. The van der Waals surface area contributed by atoms with Crippen molar-refractivity contribution in [3.8, 4) is 5.75 Å². The summed E-state index contributed by atoms with van der Waals surface area (Å²) in [6, 6.07) is 12.2. The molecule has 0 spiro atoms. The van der Waals surface area contributed by atoms with Gasteiger partial charge in [-0.05, 0) is 36.8 Å². The maximum Gasteiger partial charge on any atom is 0.335 e. The Morgan fingerprint density at radius 3 is 2.58 bits per heavy atom. The molecular formula is C25H27FN2O5. The summed E-state index contributed by atoms with van der Waals surface area (Å²) in [5, 5.41) is 12.2. The largest absolute Gasteiger partial charge is 0.478 e. The molecule has 8 heteroatoms. The zero-order chi connectivity index (χ0) is 23.4. The number of benzene rings is 2. The van der Waals surface area contributed by atoms with E-state index in [1.165, 1.54) is 24.3 Å². The molecule has 0 unspecified atom stereocenters. The molecule has 0 saturated carbocycles. The molecule has 174 valence electrons. The SMILES string of the molecule is C[C@H](NC(=O)C1(N2C=C(Oc3cccc(F)c3)CC2)CCOCC1)c1ccc(C(=O)O)cc1. The van der Waals surface area contributed by atoms with E-state index in [9.17, 15) is 14.0 Å². The second-order valence-corrected chi connectivity index (χ2v) is 8.36. The number of amides is 1. The number of carbonyl (C=O) groups is 2. The number of halogens is 1. The quantitative estimate of drug-likeness (QED) is 0.660. The Morgan fingerprint density at radius 2 is 1.91 bits per heavy atom. The number of carboxylic acid groups (broad SMARTS) is 1. The van der Waals surface area contributed by atoms with Gasteiger partial charge in [0.2, 0.25) is 5.91 Å². The molecule has 0 bridgehead atoms. The lowest BCUT2D eigenvalue weighted by Crippen LogP contribution is -2.59. The van der Waals surface area contributed by atoms with Crippen LogP contribution in [-0.4, -0.2) is 47.2 Å². The van der Waals surface area contributed by atoms with Gasteiger partial charge in [-0.1, -0.05) is 18.2 Å². The van der Waals surface area contributed by atoms with Crippen molar-refractivity contribution in [2.24, 2.45) is 0 Å². The van der Waals surface area contributed by atoms with Crippen molar-refractivity contribution in [3.05, 3.63) is 77.4 Å². The molecule has 4 rings (SSSR count). The van der Waals surface area contributed by atoms with E-state index in [0.29, 0.717) is 50.5 Å². The van der Waals surface area contributed by atoms with Gasteiger partial charge in [0, 0.05) is 51.3 Å². The monoisotopic (exact) mass is 454 g/mol. The highest BCUT2D eigenvalue weighted by molar-refractivity contribution is 5.88. The standard InChI is InChI=1S/C25H27FN2O5/c1-17(18-5-7-19(8-6-18)23(29)30)27-24(31)25(10-13-32-14-11-25)28-12-9-22(16-28)33-21-4-2-3-20(26)15-21/h2-8,15-17H,9-14H2,1H3,(H,27,31)(H,29,30)/t17-/m0/s1. The number of hydrogen-bond acceptors (Lipinski definition) is 5. The summed E-state index contributed by atoms with van der Waals surface area (Å²) < 4.78 is 24.9. The van der Waals surface area contributed by atoms with Crippen molar-refractivity contribution in [2.75, 3.05) is 19.8 Å². The Hall–Kier alpha value is -3.39. The minimum Gasteiger partial charge on any atom is -0.478 e. The van der Waals surface area contributed by atoms with Gasteiger partial charge in [0.1, 0.15) is 22.9 Å². The summed E-state index contributed by atoms with van der Waals surface area (Å²) in [4.78, 5) is 26.7. The van der Waals surface area contributed by atoms with Crippen LogP contribution in [0.4, 0.5) is 4.39 Å². The zero-order valence-corrected chi connectivity index (χ0v) is 18.4. The molecular weight excluding hydrogens is 427 g/mol. The molecule has 0 radical (unpaired) electrons. The Bertz CT molecular complexity index is 1050. The van der Waals surface area contributed by atoms with E-state index < -0.39 is 11.5 Å². The van der Waals surface area contributed by atoms with Gasteiger partial charge in [0.05, 0.1) is 11.6 Å². The molecule has 2 aliphatic rings. The molecule has 1 atom stereocenters. The van der Waals surface area contributed by atoms with Crippen LogP contribution in [0.3, 0.4) is 0 Å². The van der Waals surface area contributed by atoms with Crippen LogP contribution in [0.2, 0.25) is 0 Å². The van der Waals surface area contributed by atoms with Crippen LogP contribution in [0.5, 0.6) is 5.75 Å². The molecule has 2 N–H and O–H groups in total. The lowest BCUT2D eigenvalue weighted by Gasteiger charge is -2.43. The lowest BCUT2D eigenvalue weighted by atomic mass is 9.86. The third-order valence-electron chi connectivity index (χ3n) is 6.24. The molecule has 2 heterocycles.